The predicted octanol–water partition coefficient (Wildman–Crippen LogP) is 1.99. The van der Waals surface area contributed by atoms with Gasteiger partial charge in [0.25, 0.3) is 5.91 Å². The smallest absolute Gasteiger partial charge is 0.260 e. The highest BCUT2D eigenvalue weighted by molar-refractivity contribution is 7.15. The van der Waals surface area contributed by atoms with Crippen LogP contribution >= 0.6 is 11.3 Å². The molecule has 0 aliphatic carbocycles. The fourth-order valence-electron chi connectivity index (χ4n) is 1.92. The minimum atomic E-state index is -0.191. The van der Waals surface area contributed by atoms with Gasteiger partial charge in [-0.05, 0) is 12.1 Å². The van der Waals surface area contributed by atoms with Gasteiger partial charge in [-0.3, -0.25) is 4.79 Å². The van der Waals surface area contributed by atoms with Crippen LogP contribution in [0.3, 0.4) is 0 Å². The Kier molecular flexibility index (Phi) is 3.85. The monoisotopic (exact) mass is 302 g/mol. The van der Waals surface area contributed by atoms with E-state index in [4.69, 9.17) is 10.5 Å². The molecule has 0 spiro atoms. The molecular formula is C14H14N4O2S. The van der Waals surface area contributed by atoms with E-state index in [1.165, 1.54) is 11.3 Å². The standard InChI is InChI=1S/C14H14N4O2S/c15-4-6-20-11-3-1-2-10(8-11)17-13(19)12-9-16-18-5-7-21-14(12)18/h1-3,5,7-9H,4,6,15H2,(H,17,19). The van der Waals surface area contributed by atoms with Crippen LogP contribution in [0, 0.1) is 0 Å². The molecular weight excluding hydrogens is 288 g/mol. The lowest BCUT2D eigenvalue weighted by molar-refractivity contribution is 0.102. The van der Waals surface area contributed by atoms with E-state index >= 15 is 0 Å². The summed E-state index contributed by atoms with van der Waals surface area (Å²) in [6.45, 7) is 0.889. The van der Waals surface area contributed by atoms with Crippen molar-refractivity contribution < 1.29 is 9.53 Å². The van der Waals surface area contributed by atoms with Crippen molar-refractivity contribution in [2.45, 2.75) is 0 Å². The number of benzene rings is 1. The lowest BCUT2D eigenvalue weighted by atomic mass is 10.2. The minimum Gasteiger partial charge on any atom is -0.492 e. The molecule has 0 aliphatic rings. The summed E-state index contributed by atoms with van der Waals surface area (Å²) in [6.07, 6.45) is 3.38. The van der Waals surface area contributed by atoms with Crippen molar-refractivity contribution in [2.75, 3.05) is 18.5 Å². The maximum absolute atomic E-state index is 12.3. The Labute approximate surface area is 125 Å². The molecule has 3 rings (SSSR count). The number of ether oxygens (including phenoxy) is 1. The van der Waals surface area contributed by atoms with Crippen LogP contribution in [0.4, 0.5) is 5.69 Å². The SMILES string of the molecule is NCCOc1cccc(NC(=O)c2cnn3ccsc23)c1. The molecule has 2 heterocycles. The van der Waals surface area contributed by atoms with Crippen LogP contribution in [0.15, 0.2) is 42.0 Å². The van der Waals surface area contributed by atoms with Gasteiger partial charge in [-0.25, -0.2) is 4.52 Å². The molecule has 0 aliphatic heterocycles. The van der Waals surface area contributed by atoms with Crippen LogP contribution in [0.5, 0.6) is 5.75 Å². The Morgan fingerprint density at radius 3 is 3.24 bits per heavy atom. The number of thiazole rings is 1. The largest absolute Gasteiger partial charge is 0.492 e. The van der Waals surface area contributed by atoms with E-state index in [0.29, 0.717) is 30.2 Å². The van der Waals surface area contributed by atoms with E-state index in [-0.39, 0.29) is 5.91 Å². The summed E-state index contributed by atoms with van der Waals surface area (Å²) in [6, 6.07) is 7.22. The van der Waals surface area contributed by atoms with Gasteiger partial charge in [0.05, 0.1) is 11.8 Å². The summed E-state index contributed by atoms with van der Waals surface area (Å²) in [5.41, 5.74) is 6.62. The molecule has 21 heavy (non-hydrogen) atoms. The number of nitrogens with one attached hydrogen (secondary N) is 1. The molecule has 6 nitrogen and oxygen atoms in total. The number of amides is 1. The van der Waals surface area contributed by atoms with Crippen molar-refractivity contribution in [3.8, 4) is 5.75 Å². The predicted molar refractivity (Wildman–Crippen MR) is 82.0 cm³/mol. The summed E-state index contributed by atoms with van der Waals surface area (Å²) >= 11 is 1.47. The molecule has 108 valence electrons. The Morgan fingerprint density at radius 2 is 2.38 bits per heavy atom. The van der Waals surface area contributed by atoms with Crippen LogP contribution in [-0.2, 0) is 0 Å². The summed E-state index contributed by atoms with van der Waals surface area (Å²) in [4.78, 5) is 13.1. The van der Waals surface area contributed by atoms with Gasteiger partial charge in [-0.15, -0.1) is 11.3 Å². The van der Waals surface area contributed by atoms with Crippen LogP contribution in [0.2, 0.25) is 0 Å². The first-order valence-corrected chi connectivity index (χ1v) is 7.31. The molecule has 7 heteroatoms. The Hall–Kier alpha value is -2.38. The number of carbonyl (C=O) groups is 1. The second-order valence-corrected chi connectivity index (χ2v) is 5.22. The fraction of sp³-hybridized carbons (Fsp3) is 0.143. The second kappa shape index (κ2) is 5.94. The average molecular weight is 302 g/mol. The number of anilines is 1. The van der Waals surface area contributed by atoms with Crippen LogP contribution in [0.25, 0.3) is 4.83 Å². The number of fused-ring (bicyclic) bond motifs is 1. The number of nitrogens with two attached hydrogens (primary N) is 1. The minimum absolute atomic E-state index is 0.191. The quantitative estimate of drug-likeness (QED) is 0.755. The zero-order valence-corrected chi connectivity index (χ0v) is 12.0. The van der Waals surface area contributed by atoms with E-state index in [1.807, 2.05) is 29.8 Å². The van der Waals surface area contributed by atoms with Gasteiger partial charge < -0.3 is 15.8 Å². The highest BCUT2D eigenvalue weighted by atomic mass is 32.1. The molecule has 0 atom stereocenters. The Morgan fingerprint density at radius 1 is 1.48 bits per heavy atom. The van der Waals surface area contributed by atoms with Gasteiger partial charge in [0.15, 0.2) is 0 Å². The van der Waals surface area contributed by atoms with Gasteiger partial charge in [-0.2, -0.15) is 5.10 Å². The number of carbonyl (C=O) groups excluding carboxylic acids is 1. The van der Waals surface area contributed by atoms with Gasteiger partial charge in [0.1, 0.15) is 17.2 Å². The van der Waals surface area contributed by atoms with Crippen molar-refractivity contribution >= 4 is 27.8 Å². The van der Waals surface area contributed by atoms with Crippen molar-refractivity contribution in [3.05, 3.63) is 47.6 Å². The lowest BCUT2D eigenvalue weighted by Gasteiger charge is -2.07. The van der Waals surface area contributed by atoms with E-state index < -0.39 is 0 Å². The third-order valence-corrected chi connectivity index (χ3v) is 3.74. The second-order valence-electron chi connectivity index (χ2n) is 4.33. The van der Waals surface area contributed by atoms with Gasteiger partial charge in [0.2, 0.25) is 0 Å². The molecule has 0 unspecified atom stereocenters. The first kappa shape index (κ1) is 13.6. The number of aromatic nitrogens is 2. The van der Waals surface area contributed by atoms with Gasteiger partial charge in [-0.1, -0.05) is 6.07 Å². The van der Waals surface area contributed by atoms with Crippen LogP contribution in [-0.4, -0.2) is 28.7 Å². The first-order valence-electron chi connectivity index (χ1n) is 6.43. The average Bonchev–Trinajstić information content (AvgIpc) is 3.08. The van der Waals surface area contributed by atoms with Gasteiger partial charge in [0, 0.05) is 29.9 Å². The molecule has 0 saturated carbocycles. The highest BCUT2D eigenvalue weighted by Crippen LogP contribution is 2.20. The third kappa shape index (κ3) is 2.88. The zero-order valence-electron chi connectivity index (χ0n) is 11.2. The number of hydrogen-bond acceptors (Lipinski definition) is 5. The maximum Gasteiger partial charge on any atom is 0.260 e. The zero-order chi connectivity index (χ0) is 14.7. The Bertz CT molecular complexity index is 765. The summed E-state index contributed by atoms with van der Waals surface area (Å²) in [5, 5.41) is 8.86. The van der Waals surface area contributed by atoms with E-state index in [1.54, 1.807) is 16.8 Å². The lowest BCUT2D eigenvalue weighted by Crippen LogP contribution is -2.12. The topological polar surface area (TPSA) is 81.6 Å². The molecule has 2 aromatic heterocycles. The summed E-state index contributed by atoms with van der Waals surface area (Å²) in [7, 11) is 0. The normalized spacial score (nSPS) is 10.7. The van der Waals surface area contributed by atoms with E-state index in [0.717, 1.165) is 4.83 Å². The van der Waals surface area contributed by atoms with Gasteiger partial charge >= 0.3 is 0 Å². The number of rotatable bonds is 5. The van der Waals surface area contributed by atoms with Crippen molar-refractivity contribution in [2.24, 2.45) is 5.73 Å². The Balaban J connectivity index is 1.77. The highest BCUT2D eigenvalue weighted by Gasteiger charge is 2.13. The molecule has 1 amide bonds. The molecule has 0 fully saturated rings. The van der Waals surface area contributed by atoms with E-state index in [9.17, 15) is 4.79 Å². The summed E-state index contributed by atoms with van der Waals surface area (Å²) < 4.78 is 7.12. The molecule has 0 saturated heterocycles. The molecule has 3 N–H and O–H groups in total. The number of hydrogen-bond donors (Lipinski definition) is 2. The number of nitrogens with zero attached hydrogens (tertiary/aromatic N) is 2. The van der Waals surface area contributed by atoms with Crippen LogP contribution in [0.1, 0.15) is 10.4 Å². The van der Waals surface area contributed by atoms with Crippen molar-refractivity contribution in [3.63, 3.8) is 0 Å². The maximum atomic E-state index is 12.3. The molecule has 0 radical (unpaired) electrons. The molecule has 0 bridgehead atoms. The third-order valence-electron chi connectivity index (χ3n) is 2.85. The molecule has 1 aromatic carbocycles. The van der Waals surface area contributed by atoms with Crippen molar-refractivity contribution in [1.82, 2.24) is 9.61 Å². The molecule has 3 aromatic rings. The van der Waals surface area contributed by atoms with Crippen LogP contribution < -0.4 is 15.8 Å². The summed E-state index contributed by atoms with van der Waals surface area (Å²) in [5.74, 6) is 0.484. The fourth-order valence-corrected chi connectivity index (χ4v) is 2.72. The van der Waals surface area contributed by atoms with E-state index in [2.05, 4.69) is 10.4 Å². The van der Waals surface area contributed by atoms with Crippen molar-refractivity contribution in [1.29, 1.82) is 0 Å². The first-order chi connectivity index (χ1) is 10.3.